The van der Waals surface area contributed by atoms with Crippen LogP contribution in [0.1, 0.15) is 10.5 Å². The van der Waals surface area contributed by atoms with Crippen molar-refractivity contribution in [1.82, 2.24) is 19.7 Å². The Kier molecular flexibility index (Phi) is 5.18. The van der Waals surface area contributed by atoms with Gasteiger partial charge in [-0.2, -0.15) is 0 Å². The summed E-state index contributed by atoms with van der Waals surface area (Å²) in [4.78, 5) is 17.8. The van der Waals surface area contributed by atoms with E-state index in [2.05, 4.69) is 20.5 Å². The lowest BCUT2D eigenvalue weighted by Crippen LogP contribution is -2.12. The van der Waals surface area contributed by atoms with Crippen LogP contribution in [0.2, 0.25) is 0 Å². The number of carbonyl (C=O) groups excluding carboxylic acids is 1. The van der Waals surface area contributed by atoms with Gasteiger partial charge in [0.15, 0.2) is 5.16 Å². The second kappa shape index (κ2) is 7.91. The maximum atomic E-state index is 13.0. The van der Waals surface area contributed by atoms with Crippen LogP contribution in [0.5, 0.6) is 0 Å². The van der Waals surface area contributed by atoms with E-state index >= 15 is 0 Å². The molecule has 0 unspecified atom stereocenters. The van der Waals surface area contributed by atoms with Crippen molar-refractivity contribution in [3.63, 3.8) is 0 Å². The van der Waals surface area contributed by atoms with Crippen LogP contribution in [0.4, 0.5) is 10.1 Å². The highest BCUT2D eigenvalue weighted by Crippen LogP contribution is 2.27. The summed E-state index contributed by atoms with van der Waals surface area (Å²) in [5.74, 6) is -0.600. The average molecular weight is 411 g/mol. The molecule has 4 rings (SSSR count). The van der Waals surface area contributed by atoms with E-state index < -0.39 is 0 Å². The maximum Gasteiger partial charge on any atom is 0.275 e. The van der Waals surface area contributed by atoms with Gasteiger partial charge in [-0.3, -0.25) is 4.79 Å². The summed E-state index contributed by atoms with van der Waals surface area (Å²) in [5, 5.41) is 13.9. The van der Waals surface area contributed by atoms with Crippen molar-refractivity contribution in [2.24, 2.45) is 7.05 Å². The first-order valence-corrected chi connectivity index (χ1v) is 9.93. The number of amides is 1. The normalized spacial score (nSPS) is 10.8. The lowest BCUT2D eigenvalue weighted by molar-refractivity contribution is 0.102. The molecule has 0 radical (unpaired) electrons. The third kappa shape index (κ3) is 4.10. The number of thiazole rings is 1. The first-order chi connectivity index (χ1) is 13.6. The Bertz CT molecular complexity index is 1110. The van der Waals surface area contributed by atoms with Gasteiger partial charge in [0, 0.05) is 28.6 Å². The minimum atomic E-state index is -0.306. The first kappa shape index (κ1) is 18.3. The molecule has 0 aliphatic rings. The molecule has 140 valence electrons. The van der Waals surface area contributed by atoms with E-state index in [0.29, 0.717) is 16.4 Å². The molecule has 0 saturated heterocycles. The molecular formula is C19H14FN5OS2. The minimum absolute atomic E-state index is 0.293. The Morgan fingerprint density at radius 3 is 2.57 bits per heavy atom. The monoisotopic (exact) mass is 411 g/mol. The molecule has 6 nitrogen and oxygen atoms in total. The lowest BCUT2D eigenvalue weighted by atomic mass is 10.2. The maximum absolute atomic E-state index is 13.0. The highest BCUT2D eigenvalue weighted by atomic mass is 32.2. The smallest absolute Gasteiger partial charge is 0.275 e. The number of hydrogen-bond acceptors (Lipinski definition) is 6. The Labute approximate surface area is 168 Å². The summed E-state index contributed by atoms with van der Waals surface area (Å²) in [5.41, 5.74) is 1.76. The van der Waals surface area contributed by atoms with Gasteiger partial charge >= 0.3 is 0 Å². The Morgan fingerprint density at radius 1 is 1.14 bits per heavy atom. The number of rotatable bonds is 5. The van der Waals surface area contributed by atoms with Crippen molar-refractivity contribution in [3.05, 3.63) is 71.7 Å². The summed E-state index contributed by atoms with van der Waals surface area (Å²) < 4.78 is 14.9. The summed E-state index contributed by atoms with van der Waals surface area (Å²) in [6, 6.07) is 13.5. The van der Waals surface area contributed by atoms with E-state index in [9.17, 15) is 9.18 Å². The van der Waals surface area contributed by atoms with Crippen LogP contribution in [-0.2, 0) is 7.05 Å². The molecule has 9 heteroatoms. The van der Waals surface area contributed by atoms with Crippen LogP contribution < -0.4 is 5.32 Å². The summed E-state index contributed by atoms with van der Waals surface area (Å²) in [7, 11) is 1.88. The van der Waals surface area contributed by atoms with Gasteiger partial charge in [-0.15, -0.1) is 21.5 Å². The second-order valence-corrected chi connectivity index (χ2v) is 7.75. The molecule has 1 N–H and O–H groups in total. The SMILES string of the molecule is Cn1cnnc1Sc1ccc(NC(=O)c2csc(-c3ccc(F)cc3)n2)cc1. The van der Waals surface area contributed by atoms with Gasteiger partial charge in [-0.25, -0.2) is 9.37 Å². The number of hydrogen-bond donors (Lipinski definition) is 1. The Morgan fingerprint density at radius 2 is 1.89 bits per heavy atom. The molecule has 4 aromatic rings. The molecule has 1 amide bonds. The zero-order valence-corrected chi connectivity index (χ0v) is 16.3. The first-order valence-electron chi connectivity index (χ1n) is 8.23. The minimum Gasteiger partial charge on any atom is -0.321 e. The van der Waals surface area contributed by atoms with E-state index in [1.165, 1.54) is 35.2 Å². The molecule has 0 fully saturated rings. The highest BCUT2D eigenvalue weighted by molar-refractivity contribution is 7.99. The van der Waals surface area contributed by atoms with E-state index in [-0.39, 0.29) is 11.7 Å². The fourth-order valence-electron chi connectivity index (χ4n) is 2.37. The predicted octanol–water partition coefficient (Wildman–Crippen LogP) is 4.48. The van der Waals surface area contributed by atoms with Crippen molar-refractivity contribution in [2.75, 3.05) is 5.32 Å². The summed E-state index contributed by atoms with van der Waals surface area (Å²) in [6.45, 7) is 0. The van der Waals surface area contributed by atoms with E-state index in [0.717, 1.165) is 15.6 Å². The number of nitrogens with one attached hydrogen (secondary N) is 1. The number of carbonyl (C=O) groups is 1. The quantitative estimate of drug-likeness (QED) is 0.524. The average Bonchev–Trinajstić information content (AvgIpc) is 3.34. The van der Waals surface area contributed by atoms with Gasteiger partial charge in [0.2, 0.25) is 0 Å². The summed E-state index contributed by atoms with van der Waals surface area (Å²) in [6.07, 6.45) is 1.64. The molecule has 0 bridgehead atoms. The van der Waals surface area contributed by atoms with Crippen LogP contribution in [0.15, 0.2) is 70.3 Å². The van der Waals surface area contributed by atoms with Gasteiger partial charge in [-0.1, -0.05) is 0 Å². The van der Waals surface area contributed by atoms with Crippen molar-refractivity contribution in [3.8, 4) is 10.6 Å². The Hall–Kier alpha value is -3.04. The number of aromatic nitrogens is 4. The molecule has 2 heterocycles. The number of aryl methyl sites for hydroxylation is 1. The molecule has 0 atom stereocenters. The number of anilines is 1. The third-order valence-corrected chi connectivity index (χ3v) is 5.77. The van der Waals surface area contributed by atoms with Gasteiger partial charge in [0.05, 0.1) is 0 Å². The molecule has 0 saturated carbocycles. The molecule has 0 aliphatic carbocycles. The second-order valence-electron chi connectivity index (χ2n) is 5.85. The molecule has 0 spiro atoms. The molecule has 28 heavy (non-hydrogen) atoms. The van der Waals surface area contributed by atoms with Crippen molar-refractivity contribution in [1.29, 1.82) is 0 Å². The molecule has 0 aliphatic heterocycles. The molecule has 2 aromatic heterocycles. The topological polar surface area (TPSA) is 72.7 Å². The van der Waals surface area contributed by atoms with E-state index in [1.807, 2.05) is 35.9 Å². The van der Waals surface area contributed by atoms with Gasteiger partial charge in [-0.05, 0) is 60.3 Å². The lowest BCUT2D eigenvalue weighted by Gasteiger charge is -2.05. The Balaban J connectivity index is 1.42. The number of benzene rings is 2. The van der Waals surface area contributed by atoms with Gasteiger partial charge < -0.3 is 9.88 Å². The zero-order chi connectivity index (χ0) is 19.5. The van der Waals surface area contributed by atoms with Crippen molar-refractivity contribution < 1.29 is 9.18 Å². The summed E-state index contributed by atoms with van der Waals surface area (Å²) >= 11 is 2.83. The van der Waals surface area contributed by atoms with Crippen LogP contribution in [0, 0.1) is 5.82 Å². The zero-order valence-electron chi connectivity index (χ0n) is 14.7. The van der Waals surface area contributed by atoms with E-state index in [4.69, 9.17) is 0 Å². The highest BCUT2D eigenvalue weighted by Gasteiger charge is 2.12. The fourth-order valence-corrected chi connectivity index (χ4v) is 3.94. The third-order valence-electron chi connectivity index (χ3n) is 3.82. The van der Waals surface area contributed by atoms with E-state index in [1.54, 1.807) is 23.8 Å². The molecule has 2 aromatic carbocycles. The predicted molar refractivity (Wildman–Crippen MR) is 107 cm³/mol. The van der Waals surface area contributed by atoms with Crippen molar-refractivity contribution in [2.45, 2.75) is 10.1 Å². The van der Waals surface area contributed by atoms with Crippen LogP contribution in [0.25, 0.3) is 10.6 Å². The van der Waals surface area contributed by atoms with Crippen LogP contribution >= 0.6 is 23.1 Å². The standard InChI is InChI=1S/C19H14FN5OS2/c1-25-11-21-24-19(25)28-15-8-6-14(7-9-15)22-17(26)16-10-27-18(23-16)12-2-4-13(20)5-3-12/h2-11H,1H3,(H,22,26). The van der Waals surface area contributed by atoms with Crippen LogP contribution in [-0.4, -0.2) is 25.7 Å². The number of halogens is 1. The van der Waals surface area contributed by atoms with Gasteiger partial charge in [0.1, 0.15) is 22.8 Å². The van der Waals surface area contributed by atoms with Gasteiger partial charge in [0.25, 0.3) is 5.91 Å². The van der Waals surface area contributed by atoms with Crippen LogP contribution in [0.3, 0.4) is 0 Å². The largest absolute Gasteiger partial charge is 0.321 e. The number of nitrogens with zero attached hydrogens (tertiary/aromatic N) is 4. The van der Waals surface area contributed by atoms with Crippen molar-refractivity contribution >= 4 is 34.7 Å². The fraction of sp³-hybridized carbons (Fsp3) is 0.0526. The molecular weight excluding hydrogens is 397 g/mol.